The summed E-state index contributed by atoms with van der Waals surface area (Å²) in [4.78, 5) is 21.5. The molecule has 0 radical (unpaired) electrons. The number of ether oxygens (including phenoxy) is 2. The smallest absolute Gasteiger partial charge is 0.350 e. The van der Waals surface area contributed by atoms with Gasteiger partial charge in [-0.3, -0.25) is 4.79 Å². The molecule has 4 nitrogen and oxygen atoms in total. The van der Waals surface area contributed by atoms with Crippen LogP contribution >= 0.6 is 0 Å². The van der Waals surface area contributed by atoms with Gasteiger partial charge in [0.15, 0.2) is 0 Å². The Bertz CT molecular complexity index is 198. The first kappa shape index (κ1) is 12.9. The molecule has 0 aromatic carbocycles. The lowest BCUT2D eigenvalue weighted by molar-refractivity contribution is -0.172. The van der Waals surface area contributed by atoms with Crippen molar-refractivity contribution < 1.29 is 19.1 Å². The van der Waals surface area contributed by atoms with Crippen molar-refractivity contribution in [1.82, 2.24) is 0 Å². The molecule has 14 heavy (non-hydrogen) atoms. The third-order valence-electron chi connectivity index (χ3n) is 2.03. The largest absolute Gasteiger partial charge is 0.462 e. The summed E-state index contributed by atoms with van der Waals surface area (Å²) < 4.78 is 9.59. The second-order valence-electron chi connectivity index (χ2n) is 3.84. The lowest BCUT2D eigenvalue weighted by Crippen LogP contribution is -2.37. The fourth-order valence-electron chi connectivity index (χ4n) is 0.678. The molecule has 0 aliphatic rings. The molecule has 4 heteroatoms. The topological polar surface area (TPSA) is 52.6 Å². The monoisotopic (exact) mass is 202 g/mol. The van der Waals surface area contributed by atoms with Crippen molar-refractivity contribution in [1.29, 1.82) is 0 Å². The summed E-state index contributed by atoms with van der Waals surface area (Å²) in [7, 11) is 0. The first-order chi connectivity index (χ1) is 6.44. The van der Waals surface area contributed by atoms with Gasteiger partial charge < -0.3 is 9.47 Å². The highest BCUT2D eigenvalue weighted by Gasteiger charge is 2.31. The molecule has 1 atom stereocenters. The molecule has 0 aromatic heterocycles. The molecule has 0 aliphatic heterocycles. The molecular formula is C10H18O4. The fourth-order valence-corrected chi connectivity index (χ4v) is 0.678. The van der Waals surface area contributed by atoms with Crippen LogP contribution in [0, 0.1) is 5.92 Å². The SMILES string of the molecule is CCC(C)COC(=O)C(C)(C)OC=O. The van der Waals surface area contributed by atoms with Crippen LogP contribution < -0.4 is 0 Å². The average Bonchev–Trinajstić information content (AvgIpc) is 2.13. The van der Waals surface area contributed by atoms with Gasteiger partial charge >= 0.3 is 5.97 Å². The Hall–Kier alpha value is -1.06. The molecule has 1 unspecified atom stereocenters. The number of carbonyl (C=O) groups is 2. The highest BCUT2D eigenvalue weighted by Crippen LogP contribution is 2.11. The molecule has 0 rings (SSSR count). The lowest BCUT2D eigenvalue weighted by atomic mass is 10.1. The first-order valence-corrected chi connectivity index (χ1v) is 4.72. The van der Waals surface area contributed by atoms with Crippen molar-refractivity contribution in [2.45, 2.75) is 39.7 Å². The number of rotatable bonds is 6. The van der Waals surface area contributed by atoms with E-state index < -0.39 is 11.6 Å². The van der Waals surface area contributed by atoms with E-state index in [0.717, 1.165) is 6.42 Å². The van der Waals surface area contributed by atoms with Crippen LogP contribution in [0.5, 0.6) is 0 Å². The van der Waals surface area contributed by atoms with Gasteiger partial charge in [0.05, 0.1) is 6.61 Å². The molecule has 0 amide bonds. The third kappa shape index (κ3) is 4.25. The number of carbonyl (C=O) groups excluding carboxylic acids is 2. The normalized spacial score (nSPS) is 13.1. The van der Waals surface area contributed by atoms with E-state index in [9.17, 15) is 9.59 Å². The van der Waals surface area contributed by atoms with E-state index in [1.807, 2.05) is 13.8 Å². The van der Waals surface area contributed by atoms with E-state index in [1.165, 1.54) is 13.8 Å². The summed E-state index contributed by atoms with van der Waals surface area (Å²) in [5.41, 5.74) is -1.19. The number of hydrogen-bond donors (Lipinski definition) is 0. The van der Waals surface area contributed by atoms with Gasteiger partial charge in [-0.1, -0.05) is 20.3 Å². The van der Waals surface area contributed by atoms with E-state index in [1.54, 1.807) is 0 Å². The van der Waals surface area contributed by atoms with Crippen LogP contribution in [0.1, 0.15) is 34.1 Å². The van der Waals surface area contributed by atoms with E-state index in [-0.39, 0.29) is 6.47 Å². The van der Waals surface area contributed by atoms with Crippen LogP contribution in [0.25, 0.3) is 0 Å². The van der Waals surface area contributed by atoms with Crippen LogP contribution in [0.2, 0.25) is 0 Å². The molecule has 0 spiro atoms. The van der Waals surface area contributed by atoms with E-state index in [0.29, 0.717) is 12.5 Å². The van der Waals surface area contributed by atoms with Crippen molar-refractivity contribution in [2.24, 2.45) is 5.92 Å². The Labute approximate surface area is 84.6 Å². The van der Waals surface area contributed by atoms with Gasteiger partial charge in [-0.05, 0) is 19.8 Å². The summed E-state index contributed by atoms with van der Waals surface area (Å²) in [6.07, 6.45) is 0.947. The minimum atomic E-state index is -1.19. The predicted molar refractivity (Wildman–Crippen MR) is 51.6 cm³/mol. The molecule has 0 heterocycles. The summed E-state index contributed by atoms with van der Waals surface area (Å²) in [5, 5.41) is 0. The zero-order valence-electron chi connectivity index (χ0n) is 9.20. The van der Waals surface area contributed by atoms with Crippen LogP contribution in [-0.4, -0.2) is 24.6 Å². The Morgan fingerprint density at radius 2 is 2.07 bits per heavy atom. The van der Waals surface area contributed by atoms with Crippen LogP contribution in [0.15, 0.2) is 0 Å². The quantitative estimate of drug-likeness (QED) is 0.484. The first-order valence-electron chi connectivity index (χ1n) is 4.72. The second-order valence-corrected chi connectivity index (χ2v) is 3.84. The second kappa shape index (κ2) is 5.62. The number of hydrogen-bond acceptors (Lipinski definition) is 4. The maximum atomic E-state index is 11.4. The van der Waals surface area contributed by atoms with Crippen LogP contribution in [0.4, 0.5) is 0 Å². The van der Waals surface area contributed by atoms with Gasteiger partial charge in [0.1, 0.15) is 0 Å². The Balaban J connectivity index is 4.00. The molecular weight excluding hydrogens is 184 g/mol. The van der Waals surface area contributed by atoms with Crippen molar-refractivity contribution in [3.63, 3.8) is 0 Å². The Kier molecular flexibility index (Phi) is 5.20. The highest BCUT2D eigenvalue weighted by atomic mass is 16.6. The zero-order valence-corrected chi connectivity index (χ0v) is 9.20. The van der Waals surface area contributed by atoms with Gasteiger partial charge in [0.2, 0.25) is 5.60 Å². The standard InChI is InChI=1S/C10H18O4/c1-5-8(2)6-13-9(12)10(3,4)14-7-11/h7-8H,5-6H2,1-4H3. The maximum absolute atomic E-state index is 11.4. The zero-order chi connectivity index (χ0) is 11.2. The van der Waals surface area contributed by atoms with Gasteiger partial charge in [-0.25, -0.2) is 4.79 Å². The Morgan fingerprint density at radius 1 is 1.50 bits per heavy atom. The summed E-state index contributed by atoms with van der Waals surface area (Å²) in [6.45, 7) is 7.62. The Morgan fingerprint density at radius 3 is 2.50 bits per heavy atom. The van der Waals surface area contributed by atoms with Crippen molar-refractivity contribution >= 4 is 12.4 Å². The predicted octanol–water partition coefficient (Wildman–Crippen LogP) is 1.53. The molecule has 82 valence electrons. The lowest BCUT2D eigenvalue weighted by Gasteiger charge is -2.21. The van der Waals surface area contributed by atoms with Gasteiger partial charge in [0.25, 0.3) is 6.47 Å². The van der Waals surface area contributed by atoms with Crippen molar-refractivity contribution in [2.75, 3.05) is 6.61 Å². The third-order valence-corrected chi connectivity index (χ3v) is 2.03. The fraction of sp³-hybridized carbons (Fsp3) is 0.800. The minimum absolute atomic E-state index is 0.254. The minimum Gasteiger partial charge on any atom is -0.462 e. The summed E-state index contributed by atoms with van der Waals surface area (Å²) in [6, 6.07) is 0. The molecule has 0 N–H and O–H groups in total. The van der Waals surface area contributed by atoms with Gasteiger partial charge in [0, 0.05) is 0 Å². The molecule has 0 bridgehead atoms. The van der Waals surface area contributed by atoms with E-state index >= 15 is 0 Å². The van der Waals surface area contributed by atoms with Crippen molar-refractivity contribution in [3.05, 3.63) is 0 Å². The molecule has 0 fully saturated rings. The van der Waals surface area contributed by atoms with E-state index in [4.69, 9.17) is 4.74 Å². The van der Waals surface area contributed by atoms with Crippen molar-refractivity contribution in [3.8, 4) is 0 Å². The van der Waals surface area contributed by atoms with Gasteiger partial charge in [-0.15, -0.1) is 0 Å². The average molecular weight is 202 g/mol. The number of esters is 1. The molecule has 0 aromatic rings. The molecule has 0 saturated heterocycles. The van der Waals surface area contributed by atoms with Crippen LogP contribution in [-0.2, 0) is 19.1 Å². The van der Waals surface area contributed by atoms with Gasteiger partial charge in [-0.2, -0.15) is 0 Å². The van der Waals surface area contributed by atoms with Crippen LogP contribution in [0.3, 0.4) is 0 Å². The summed E-state index contributed by atoms with van der Waals surface area (Å²) in [5.74, 6) is -0.184. The maximum Gasteiger partial charge on any atom is 0.350 e. The molecule has 0 aliphatic carbocycles. The summed E-state index contributed by atoms with van der Waals surface area (Å²) >= 11 is 0. The molecule has 0 saturated carbocycles. The highest BCUT2D eigenvalue weighted by molar-refractivity contribution is 5.79. The van der Waals surface area contributed by atoms with E-state index in [2.05, 4.69) is 4.74 Å².